The number of carbonyl (C=O) groups is 2. The van der Waals surface area contributed by atoms with E-state index in [1.165, 1.54) is 50.5 Å². The zero-order valence-electron chi connectivity index (χ0n) is 17.7. The molecule has 0 aliphatic carbocycles. The molecular formula is C22H22N2O8. The smallest absolute Gasteiger partial charge is 0.295 e. The number of aliphatic hydroxyl groups is 1. The molecule has 0 bridgehead atoms. The van der Waals surface area contributed by atoms with Gasteiger partial charge < -0.3 is 24.2 Å². The molecule has 1 heterocycles. The van der Waals surface area contributed by atoms with E-state index in [-0.39, 0.29) is 30.0 Å². The summed E-state index contributed by atoms with van der Waals surface area (Å²) in [6.45, 7) is 0.247. The normalized spacial score (nSPS) is 17.5. The molecule has 168 valence electrons. The first-order valence-electron chi connectivity index (χ1n) is 9.58. The van der Waals surface area contributed by atoms with Gasteiger partial charge in [0.05, 0.1) is 37.4 Å². The third-order valence-corrected chi connectivity index (χ3v) is 5.16. The van der Waals surface area contributed by atoms with Crippen LogP contribution in [-0.2, 0) is 14.3 Å². The summed E-state index contributed by atoms with van der Waals surface area (Å²) in [7, 11) is 4.36. The minimum Gasteiger partial charge on any atom is -0.507 e. The monoisotopic (exact) mass is 442 g/mol. The Bertz CT molecular complexity index is 1080. The van der Waals surface area contributed by atoms with Gasteiger partial charge in [0, 0.05) is 36.9 Å². The number of Topliss-reactive ketones (excluding diaryl/α,β-unsaturated/α-hetero) is 1. The predicted molar refractivity (Wildman–Crippen MR) is 114 cm³/mol. The molecule has 1 N–H and O–H groups in total. The molecule has 1 fully saturated rings. The number of para-hydroxylation sites is 1. The largest absolute Gasteiger partial charge is 0.507 e. The third kappa shape index (κ3) is 4.00. The number of likely N-dealkylation sites (tertiary alicyclic amines) is 1. The predicted octanol–water partition coefficient (Wildman–Crippen LogP) is 2.68. The second kappa shape index (κ2) is 9.48. The van der Waals surface area contributed by atoms with Crippen molar-refractivity contribution in [1.82, 2.24) is 4.90 Å². The number of aliphatic hydroxyl groups excluding tert-OH is 1. The van der Waals surface area contributed by atoms with Crippen LogP contribution in [0.5, 0.6) is 11.5 Å². The Kier molecular flexibility index (Phi) is 6.74. The maximum Gasteiger partial charge on any atom is 0.295 e. The van der Waals surface area contributed by atoms with Crippen LogP contribution >= 0.6 is 0 Å². The quantitative estimate of drug-likeness (QED) is 0.217. The Morgan fingerprint density at radius 3 is 2.34 bits per heavy atom. The number of methoxy groups -OCH3 is 3. The van der Waals surface area contributed by atoms with E-state index < -0.39 is 28.4 Å². The Labute approximate surface area is 183 Å². The van der Waals surface area contributed by atoms with Crippen molar-refractivity contribution in [2.24, 2.45) is 0 Å². The molecule has 10 heteroatoms. The maximum absolute atomic E-state index is 13.0. The molecule has 1 unspecified atom stereocenters. The molecular weight excluding hydrogens is 420 g/mol. The van der Waals surface area contributed by atoms with Gasteiger partial charge in [0.2, 0.25) is 0 Å². The van der Waals surface area contributed by atoms with Crippen molar-refractivity contribution in [3.8, 4) is 11.5 Å². The van der Waals surface area contributed by atoms with E-state index >= 15 is 0 Å². The van der Waals surface area contributed by atoms with Crippen LogP contribution in [0.3, 0.4) is 0 Å². The van der Waals surface area contributed by atoms with Gasteiger partial charge in [0.15, 0.2) is 11.5 Å². The number of nitrogens with zero attached hydrogens (tertiary/aromatic N) is 2. The van der Waals surface area contributed by atoms with E-state index in [4.69, 9.17) is 14.2 Å². The van der Waals surface area contributed by atoms with E-state index in [0.29, 0.717) is 17.1 Å². The van der Waals surface area contributed by atoms with E-state index in [1.807, 2.05) is 0 Å². The van der Waals surface area contributed by atoms with Gasteiger partial charge in [-0.25, -0.2) is 0 Å². The fourth-order valence-electron chi connectivity index (χ4n) is 3.65. The maximum atomic E-state index is 13.0. The highest BCUT2D eigenvalue weighted by Crippen LogP contribution is 2.45. The Hall–Kier alpha value is -3.92. The van der Waals surface area contributed by atoms with Gasteiger partial charge in [-0.3, -0.25) is 19.7 Å². The fourth-order valence-corrected chi connectivity index (χ4v) is 3.65. The number of hydrogen-bond acceptors (Lipinski definition) is 8. The van der Waals surface area contributed by atoms with Gasteiger partial charge in [0.25, 0.3) is 17.4 Å². The molecule has 1 aliphatic rings. The summed E-state index contributed by atoms with van der Waals surface area (Å²) >= 11 is 0. The number of ketones is 1. The first kappa shape index (κ1) is 22.8. The molecule has 0 spiro atoms. The standard InChI is InChI=1S/C22H22N2O8/c1-30-12-11-23-18(15-5-4-6-16(31-2)21(15)32-3)17(20(26)22(23)27)19(25)13-7-9-14(10-8-13)24(28)29/h4-10,18,25H,11-12H2,1-3H3/b19-17+. The Balaban J connectivity index is 2.23. The number of carbonyl (C=O) groups excluding carboxylic acids is 2. The SMILES string of the molecule is COCCN1C(=O)C(=O)/C(=C(/O)c2ccc([N+](=O)[O-])cc2)C1c1cccc(OC)c1OC. The van der Waals surface area contributed by atoms with Crippen LogP contribution in [0.4, 0.5) is 5.69 Å². The number of non-ortho nitro benzene ring substituents is 1. The molecule has 32 heavy (non-hydrogen) atoms. The van der Waals surface area contributed by atoms with Crippen LogP contribution in [0.2, 0.25) is 0 Å². The van der Waals surface area contributed by atoms with Crippen LogP contribution in [0.1, 0.15) is 17.2 Å². The summed E-state index contributed by atoms with van der Waals surface area (Å²) < 4.78 is 15.9. The van der Waals surface area contributed by atoms with Gasteiger partial charge >= 0.3 is 0 Å². The highest BCUT2D eigenvalue weighted by molar-refractivity contribution is 6.46. The summed E-state index contributed by atoms with van der Waals surface area (Å²) in [5.74, 6) is -1.45. The zero-order chi connectivity index (χ0) is 23.4. The lowest BCUT2D eigenvalue weighted by atomic mass is 9.94. The van der Waals surface area contributed by atoms with Crippen LogP contribution in [0.25, 0.3) is 5.76 Å². The molecule has 0 radical (unpaired) electrons. The second-order valence-electron chi connectivity index (χ2n) is 6.87. The Morgan fingerprint density at radius 2 is 1.78 bits per heavy atom. The first-order valence-corrected chi connectivity index (χ1v) is 9.58. The molecule has 0 aromatic heterocycles. The van der Waals surface area contributed by atoms with Crippen molar-refractivity contribution < 1.29 is 33.8 Å². The number of ether oxygens (including phenoxy) is 3. The van der Waals surface area contributed by atoms with Crippen molar-refractivity contribution in [3.63, 3.8) is 0 Å². The number of benzene rings is 2. The molecule has 1 amide bonds. The lowest BCUT2D eigenvalue weighted by molar-refractivity contribution is -0.384. The van der Waals surface area contributed by atoms with Crippen molar-refractivity contribution in [2.75, 3.05) is 34.5 Å². The molecule has 1 aliphatic heterocycles. The van der Waals surface area contributed by atoms with Crippen LogP contribution < -0.4 is 9.47 Å². The average Bonchev–Trinajstić information content (AvgIpc) is 3.06. The lowest BCUT2D eigenvalue weighted by Crippen LogP contribution is -2.32. The van der Waals surface area contributed by atoms with Crippen LogP contribution in [0, 0.1) is 10.1 Å². The van der Waals surface area contributed by atoms with E-state index in [0.717, 1.165) is 0 Å². The highest BCUT2D eigenvalue weighted by Gasteiger charge is 2.47. The molecule has 1 saturated heterocycles. The molecule has 2 aromatic rings. The average molecular weight is 442 g/mol. The van der Waals surface area contributed by atoms with E-state index in [9.17, 15) is 24.8 Å². The third-order valence-electron chi connectivity index (χ3n) is 5.16. The summed E-state index contributed by atoms with van der Waals surface area (Å²) in [5, 5.41) is 21.9. The second-order valence-corrected chi connectivity index (χ2v) is 6.87. The van der Waals surface area contributed by atoms with Gasteiger partial charge in [0.1, 0.15) is 5.76 Å². The summed E-state index contributed by atoms with van der Waals surface area (Å²) in [6.07, 6.45) is 0. The summed E-state index contributed by atoms with van der Waals surface area (Å²) in [5.41, 5.74) is 0.262. The molecule has 3 rings (SSSR count). The van der Waals surface area contributed by atoms with Gasteiger partial charge in [-0.1, -0.05) is 12.1 Å². The summed E-state index contributed by atoms with van der Waals surface area (Å²) in [6, 6.07) is 9.07. The van der Waals surface area contributed by atoms with Gasteiger partial charge in [-0.15, -0.1) is 0 Å². The minimum atomic E-state index is -0.981. The molecule has 1 atom stereocenters. The summed E-state index contributed by atoms with van der Waals surface area (Å²) in [4.78, 5) is 37.5. The fraction of sp³-hybridized carbons (Fsp3) is 0.273. The number of hydrogen-bond donors (Lipinski definition) is 1. The van der Waals surface area contributed by atoms with Gasteiger partial charge in [-0.05, 0) is 18.2 Å². The molecule has 0 saturated carbocycles. The van der Waals surface area contributed by atoms with Crippen molar-refractivity contribution in [1.29, 1.82) is 0 Å². The first-order chi connectivity index (χ1) is 15.3. The van der Waals surface area contributed by atoms with Crippen LogP contribution in [-0.4, -0.2) is 61.1 Å². The van der Waals surface area contributed by atoms with E-state index in [1.54, 1.807) is 18.2 Å². The van der Waals surface area contributed by atoms with Gasteiger partial charge in [-0.2, -0.15) is 0 Å². The van der Waals surface area contributed by atoms with E-state index in [2.05, 4.69) is 0 Å². The minimum absolute atomic E-state index is 0.0865. The van der Waals surface area contributed by atoms with Crippen molar-refractivity contribution in [2.45, 2.75) is 6.04 Å². The topological polar surface area (TPSA) is 128 Å². The number of nitro groups is 1. The number of amides is 1. The number of rotatable bonds is 8. The van der Waals surface area contributed by atoms with Crippen molar-refractivity contribution in [3.05, 3.63) is 69.3 Å². The molecule has 2 aromatic carbocycles. The number of nitro benzene ring substituents is 1. The lowest BCUT2D eigenvalue weighted by Gasteiger charge is -2.27. The highest BCUT2D eigenvalue weighted by atomic mass is 16.6. The zero-order valence-corrected chi connectivity index (χ0v) is 17.7. The molecule has 10 nitrogen and oxygen atoms in total. The van der Waals surface area contributed by atoms with Crippen LogP contribution in [0.15, 0.2) is 48.0 Å². The van der Waals surface area contributed by atoms with Crippen molar-refractivity contribution >= 4 is 23.1 Å². The Morgan fingerprint density at radius 1 is 1.09 bits per heavy atom.